The van der Waals surface area contributed by atoms with Gasteiger partial charge in [0.15, 0.2) is 0 Å². The van der Waals surface area contributed by atoms with Crippen molar-refractivity contribution in [3.05, 3.63) is 30.5 Å². The molecule has 0 fully saturated rings. The van der Waals surface area contributed by atoms with Gasteiger partial charge in [-0.25, -0.2) is 4.99 Å². The second-order valence-corrected chi connectivity index (χ2v) is 3.70. The van der Waals surface area contributed by atoms with E-state index >= 15 is 0 Å². The van der Waals surface area contributed by atoms with Crippen molar-refractivity contribution >= 4 is 35.1 Å². The van der Waals surface area contributed by atoms with E-state index in [-0.39, 0.29) is 0 Å². The van der Waals surface area contributed by atoms with E-state index in [1.807, 2.05) is 24.3 Å². The summed E-state index contributed by atoms with van der Waals surface area (Å²) in [5.41, 5.74) is 7.23. The number of nitrogens with two attached hydrogens (primary N) is 1. The number of hydrogen-bond acceptors (Lipinski definition) is 3. The summed E-state index contributed by atoms with van der Waals surface area (Å²) in [6.07, 6.45) is 1.76. The summed E-state index contributed by atoms with van der Waals surface area (Å²) < 4.78 is 0. The lowest BCUT2D eigenvalue weighted by Crippen LogP contribution is -2.03. The van der Waals surface area contributed by atoms with Crippen LogP contribution >= 0.6 is 12.6 Å². The summed E-state index contributed by atoms with van der Waals surface area (Å²) in [6, 6.07) is 7.63. The molecule has 3 nitrogen and oxygen atoms in total. The predicted molar refractivity (Wildman–Crippen MR) is 66.0 cm³/mol. The highest BCUT2D eigenvalue weighted by Crippen LogP contribution is 2.30. The third kappa shape index (κ3) is 1.94. The van der Waals surface area contributed by atoms with Gasteiger partial charge in [0, 0.05) is 16.5 Å². The molecule has 0 bridgehead atoms. The number of benzene rings is 1. The minimum Gasteiger partial charge on any atom is -0.387 e. The number of fused-ring (bicyclic) bond motifs is 1. The van der Waals surface area contributed by atoms with Crippen LogP contribution in [0.1, 0.15) is 6.92 Å². The average molecular weight is 217 g/mol. The van der Waals surface area contributed by atoms with E-state index in [0.717, 1.165) is 21.5 Å². The fraction of sp³-hybridized carbons (Fsp3) is 0.0909. The van der Waals surface area contributed by atoms with Crippen molar-refractivity contribution in [2.24, 2.45) is 10.7 Å². The molecule has 1 aromatic carbocycles. The third-order valence-corrected chi connectivity index (χ3v) is 2.50. The number of aromatic nitrogens is 1. The monoisotopic (exact) mass is 217 g/mol. The van der Waals surface area contributed by atoms with Crippen LogP contribution in [-0.2, 0) is 0 Å². The van der Waals surface area contributed by atoms with Gasteiger partial charge < -0.3 is 5.73 Å². The Bertz CT molecular complexity index is 530. The van der Waals surface area contributed by atoms with Crippen LogP contribution < -0.4 is 5.73 Å². The molecule has 76 valence electrons. The van der Waals surface area contributed by atoms with Crippen molar-refractivity contribution in [1.29, 1.82) is 0 Å². The molecule has 1 aromatic heterocycles. The number of nitrogens with zero attached hydrogens (tertiary/aromatic N) is 2. The lowest BCUT2D eigenvalue weighted by atomic mass is 10.2. The Labute approximate surface area is 93.5 Å². The molecule has 0 saturated carbocycles. The minimum atomic E-state index is 0.522. The van der Waals surface area contributed by atoms with Gasteiger partial charge in [0.25, 0.3) is 0 Å². The van der Waals surface area contributed by atoms with Crippen LogP contribution in [0, 0.1) is 0 Å². The van der Waals surface area contributed by atoms with Crippen molar-refractivity contribution in [3.63, 3.8) is 0 Å². The van der Waals surface area contributed by atoms with Gasteiger partial charge >= 0.3 is 0 Å². The van der Waals surface area contributed by atoms with E-state index in [1.54, 1.807) is 13.1 Å². The molecule has 0 aliphatic rings. The van der Waals surface area contributed by atoms with E-state index in [2.05, 4.69) is 22.6 Å². The molecule has 0 aliphatic carbocycles. The van der Waals surface area contributed by atoms with Gasteiger partial charge in [-0.05, 0) is 25.1 Å². The summed E-state index contributed by atoms with van der Waals surface area (Å²) in [5, 5.41) is 0.989. The van der Waals surface area contributed by atoms with E-state index in [0.29, 0.717) is 5.84 Å². The Morgan fingerprint density at radius 2 is 2.20 bits per heavy atom. The number of hydrogen-bond donors (Lipinski definition) is 2. The second kappa shape index (κ2) is 3.90. The highest BCUT2D eigenvalue weighted by Gasteiger charge is 2.03. The van der Waals surface area contributed by atoms with E-state index in [4.69, 9.17) is 5.73 Å². The fourth-order valence-electron chi connectivity index (χ4n) is 1.41. The summed E-state index contributed by atoms with van der Waals surface area (Å²) in [7, 11) is 0. The van der Waals surface area contributed by atoms with Crippen LogP contribution in [0.4, 0.5) is 5.69 Å². The Hall–Kier alpha value is -1.55. The smallest absolute Gasteiger partial charge is 0.0965 e. The van der Waals surface area contributed by atoms with E-state index in [1.165, 1.54) is 0 Å². The number of pyridine rings is 1. The first-order valence-electron chi connectivity index (χ1n) is 4.56. The molecule has 15 heavy (non-hydrogen) atoms. The average Bonchev–Trinajstić information content (AvgIpc) is 2.22. The first-order chi connectivity index (χ1) is 7.18. The van der Waals surface area contributed by atoms with Crippen LogP contribution in [-0.4, -0.2) is 10.8 Å². The zero-order valence-corrected chi connectivity index (χ0v) is 9.20. The standard InChI is InChI=1S/C11H11N3S/c1-7(12)14-10-5-4-9-8(11(10)15)3-2-6-13-9/h2-6,15H,1H3,(H2,12,14). The molecule has 2 N–H and O–H groups in total. The molecule has 0 radical (unpaired) electrons. The van der Waals surface area contributed by atoms with Crippen LogP contribution in [0.3, 0.4) is 0 Å². The highest BCUT2D eigenvalue weighted by atomic mass is 32.1. The van der Waals surface area contributed by atoms with E-state index in [9.17, 15) is 0 Å². The Kier molecular flexibility index (Phi) is 2.60. The van der Waals surface area contributed by atoms with Gasteiger partial charge in [-0.2, -0.15) is 0 Å². The lowest BCUT2D eigenvalue weighted by molar-refractivity contribution is 1.35. The molecule has 0 unspecified atom stereocenters. The maximum Gasteiger partial charge on any atom is 0.0965 e. The summed E-state index contributed by atoms with van der Waals surface area (Å²) >= 11 is 4.44. The quantitative estimate of drug-likeness (QED) is 0.438. The predicted octanol–water partition coefficient (Wildman–Crippen LogP) is 2.53. The molecule has 0 amide bonds. The van der Waals surface area contributed by atoms with Crippen molar-refractivity contribution in [2.75, 3.05) is 0 Å². The van der Waals surface area contributed by atoms with Gasteiger partial charge in [-0.1, -0.05) is 6.07 Å². The first kappa shape index (κ1) is 9.98. The minimum absolute atomic E-state index is 0.522. The molecule has 0 saturated heterocycles. The maximum absolute atomic E-state index is 5.54. The maximum atomic E-state index is 5.54. The van der Waals surface area contributed by atoms with Crippen LogP contribution in [0.15, 0.2) is 40.4 Å². The van der Waals surface area contributed by atoms with Crippen molar-refractivity contribution in [1.82, 2.24) is 4.98 Å². The molecule has 2 aromatic rings. The first-order valence-corrected chi connectivity index (χ1v) is 5.00. The van der Waals surface area contributed by atoms with Crippen LogP contribution in [0.5, 0.6) is 0 Å². The number of thiol groups is 1. The topological polar surface area (TPSA) is 51.3 Å². The van der Waals surface area contributed by atoms with Gasteiger partial charge in [0.2, 0.25) is 0 Å². The van der Waals surface area contributed by atoms with Crippen molar-refractivity contribution in [2.45, 2.75) is 11.8 Å². The van der Waals surface area contributed by atoms with E-state index < -0.39 is 0 Å². The Morgan fingerprint density at radius 3 is 2.93 bits per heavy atom. The second-order valence-electron chi connectivity index (χ2n) is 3.26. The fourth-order valence-corrected chi connectivity index (χ4v) is 1.72. The van der Waals surface area contributed by atoms with Gasteiger partial charge in [-0.3, -0.25) is 4.98 Å². The molecule has 2 rings (SSSR count). The highest BCUT2D eigenvalue weighted by molar-refractivity contribution is 7.80. The zero-order chi connectivity index (χ0) is 10.8. The van der Waals surface area contributed by atoms with Gasteiger partial charge in [0.1, 0.15) is 0 Å². The van der Waals surface area contributed by atoms with Crippen LogP contribution in [0.25, 0.3) is 10.9 Å². The number of amidine groups is 1. The summed E-state index contributed by atoms with van der Waals surface area (Å²) in [5.74, 6) is 0.522. The van der Waals surface area contributed by atoms with Crippen molar-refractivity contribution < 1.29 is 0 Å². The molecular formula is C11H11N3S. The van der Waals surface area contributed by atoms with Gasteiger partial charge in [0.05, 0.1) is 17.0 Å². The lowest BCUT2D eigenvalue weighted by Gasteiger charge is -2.04. The molecular weight excluding hydrogens is 206 g/mol. The molecule has 1 heterocycles. The molecule has 4 heteroatoms. The number of aliphatic imine (C=N–C) groups is 1. The number of rotatable bonds is 1. The van der Waals surface area contributed by atoms with Crippen molar-refractivity contribution in [3.8, 4) is 0 Å². The molecule has 0 atom stereocenters. The van der Waals surface area contributed by atoms with Gasteiger partial charge in [-0.15, -0.1) is 12.6 Å². The zero-order valence-electron chi connectivity index (χ0n) is 8.31. The molecule has 0 aliphatic heterocycles. The Balaban J connectivity index is 2.70. The Morgan fingerprint density at radius 1 is 1.40 bits per heavy atom. The normalized spacial score (nSPS) is 12.0. The SMILES string of the molecule is CC(N)=Nc1ccc2ncccc2c1S. The summed E-state index contributed by atoms with van der Waals surface area (Å²) in [4.78, 5) is 9.24. The van der Waals surface area contributed by atoms with Crippen LogP contribution in [0.2, 0.25) is 0 Å². The molecule has 0 spiro atoms. The third-order valence-electron chi connectivity index (χ3n) is 2.03. The summed E-state index contributed by atoms with van der Waals surface area (Å²) in [6.45, 7) is 1.75. The largest absolute Gasteiger partial charge is 0.387 e.